The molecule has 0 saturated carbocycles. The van der Waals surface area contributed by atoms with Gasteiger partial charge in [-0.3, -0.25) is 4.79 Å². The van der Waals surface area contributed by atoms with Crippen LogP contribution in [0.4, 0.5) is 10.8 Å². The van der Waals surface area contributed by atoms with Gasteiger partial charge in [0.1, 0.15) is 0 Å². The predicted molar refractivity (Wildman–Crippen MR) is 78.9 cm³/mol. The van der Waals surface area contributed by atoms with Crippen molar-refractivity contribution in [1.29, 1.82) is 0 Å². The molecule has 0 aliphatic carbocycles. The van der Waals surface area contributed by atoms with Gasteiger partial charge in [-0.25, -0.2) is 0 Å². The van der Waals surface area contributed by atoms with E-state index >= 15 is 0 Å². The average Bonchev–Trinajstić information content (AvgIpc) is 2.79. The van der Waals surface area contributed by atoms with E-state index in [4.69, 9.17) is 5.73 Å². The van der Waals surface area contributed by atoms with Crippen molar-refractivity contribution in [2.75, 3.05) is 5.32 Å². The Morgan fingerprint density at radius 2 is 2.05 bits per heavy atom. The predicted octanol–water partition coefficient (Wildman–Crippen LogP) is 2.56. The van der Waals surface area contributed by atoms with Crippen molar-refractivity contribution < 1.29 is 4.79 Å². The summed E-state index contributed by atoms with van der Waals surface area (Å²) in [6.45, 7) is 3.79. The fourth-order valence-electron chi connectivity index (χ4n) is 1.28. The summed E-state index contributed by atoms with van der Waals surface area (Å²) in [6.07, 6.45) is 0. The van der Waals surface area contributed by atoms with Crippen LogP contribution >= 0.6 is 23.1 Å². The second kappa shape index (κ2) is 6.03. The molecule has 19 heavy (non-hydrogen) atoms. The van der Waals surface area contributed by atoms with Crippen LogP contribution < -0.4 is 11.1 Å². The van der Waals surface area contributed by atoms with Crippen molar-refractivity contribution in [3.8, 4) is 0 Å². The number of rotatable bonds is 5. The average molecular weight is 294 g/mol. The zero-order valence-electron chi connectivity index (χ0n) is 10.6. The van der Waals surface area contributed by atoms with Crippen molar-refractivity contribution in [3.63, 3.8) is 0 Å². The third kappa shape index (κ3) is 3.93. The summed E-state index contributed by atoms with van der Waals surface area (Å²) in [4.78, 5) is 11.0. The standard InChI is InChI=1S/C12H14N4OS2/c1-7-3-5-9(6-4-7)14-11-15-16-12(19-11)18-8(2)10(13)17/h3-6,8H,1-2H3,(H2,13,17)(H,14,15)/t8-/m0/s1. The van der Waals surface area contributed by atoms with Crippen LogP contribution in [-0.2, 0) is 4.79 Å². The van der Waals surface area contributed by atoms with Crippen LogP contribution in [0.3, 0.4) is 0 Å². The van der Waals surface area contributed by atoms with Crippen molar-refractivity contribution in [1.82, 2.24) is 10.2 Å². The summed E-state index contributed by atoms with van der Waals surface area (Å²) in [6, 6.07) is 8.01. The first kappa shape index (κ1) is 13.8. The number of hydrogen-bond donors (Lipinski definition) is 2. The van der Waals surface area contributed by atoms with E-state index in [0.29, 0.717) is 5.13 Å². The van der Waals surface area contributed by atoms with E-state index in [0.717, 1.165) is 10.0 Å². The van der Waals surface area contributed by atoms with Crippen LogP contribution in [0.25, 0.3) is 0 Å². The van der Waals surface area contributed by atoms with E-state index < -0.39 is 0 Å². The number of carbonyl (C=O) groups excluding carboxylic acids is 1. The van der Waals surface area contributed by atoms with Gasteiger partial charge < -0.3 is 11.1 Å². The molecule has 0 fully saturated rings. The van der Waals surface area contributed by atoms with E-state index in [-0.39, 0.29) is 11.2 Å². The topological polar surface area (TPSA) is 80.9 Å². The van der Waals surface area contributed by atoms with Crippen molar-refractivity contribution >= 4 is 39.8 Å². The number of nitrogens with zero attached hydrogens (tertiary/aromatic N) is 2. The van der Waals surface area contributed by atoms with Crippen molar-refractivity contribution in [3.05, 3.63) is 29.8 Å². The molecular weight excluding hydrogens is 280 g/mol. The summed E-state index contributed by atoms with van der Waals surface area (Å²) < 4.78 is 0.723. The van der Waals surface area contributed by atoms with Crippen molar-refractivity contribution in [2.45, 2.75) is 23.4 Å². The number of thioether (sulfide) groups is 1. The van der Waals surface area contributed by atoms with Gasteiger partial charge in [0.15, 0.2) is 4.34 Å². The number of anilines is 2. The Morgan fingerprint density at radius 1 is 1.37 bits per heavy atom. The molecule has 5 nitrogen and oxygen atoms in total. The maximum atomic E-state index is 11.0. The van der Waals surface area contributed by atoms with E-state index in [2.05, 4.69) is 15.5 Å². The number of aryl methyl sites for hydroxylation is 1. The molecule has 0 unspecified atom stereocenters. The van der Waals surface area contributed by atoms with Crippen LogP contribution in [0.2, 0.25) is 0 Å². The lowest BCUT2D eigenvalue weighted by Crippen LogP contribution is -2.22. The molecule has 0 aliphatic rings. The SMILES string of the molecule is Cc1ccc(Nc2nnc(S[C@@H](C)C(N)=O)s2)cc1. The minimum absolute atomic E-state index is 0.305. The van der Waals surface area contributed by atoms with E-state index in [9.17, 15) is 4.79 Å². The molecule has 2 aromatic rings. The molecule has 0 aliphatic heterocycles. The Labute approximate surface area is 119 Å². The highest BCUT2D eigenvalue weighted by Gasteiger charge is 2.14. The van der Waals surface area contributed by atoms with Crippen LogP contribution in [-0.4, -0.2) is 21.4 Å². The fourth-order valence-corrected chi connectivity index (χ4v) is 3.14. The highest BCUT2D eigenvalue weighted by molar-refractivity contribution is 8.02. The summed E-state index contributed by atoms with van der Waals surface area (Å²) in [5.41, 5.74) is 7.37. The third-order valence-corrected chi connectivity index (χ3v) is 4.43. The molecule has 100 valence electrons. The summed E-state index contributed by atoms with van der Waals surface area (Å²) in [5, 5.41) is 11.6. The quantitative estimate of drug-likeness (QED) is 0.828. The first-order valence-corrected chi connectivity index (χ1v) is 7.37. The number of aromatic nitrogens is 2. The lowest BCUT2D eigenvalue weighted by atomic mass is 10.2. The Kier molecular flexibility index (Phi) is 4.39. The first-order chi connectivity index (χ1) is 9.04. The number of nitrogens with one attached hydrogen (secondary N) is 1. The van der Waals surface area contributed by atoms with Gasteiger partial charge in [0, 0.05) is 5.69 Å². The Bertz CT molecular complexity index is 567. The normalized spacial score (nSPS) is 12.1. The minimum atomic E-state index is -0.353. The summed E-state index contributed by atoms with van der Waals surface area (Å²) in [5.74, 6) is -0.353. The van der Waals surface area contributed by atoms with Crippen LogP contribution in [0.1, 0.15) is 12.5 Å². The molecule has 0 saturated heterocycles. The largest absolute Gasteiger partial charge is 0.369 e. The third-order valence-electron chi connectivity index (χ3n) is 2.39. The Hall–Kier alpha value is -1.60. The lowest BCUT2D eigenvalue weighted by Gasteiger charge is -2.02. The molecule has 3 N–H and O–H groups in total. The molecule has 1 aromatic carbocycles. The van der Waals surface area contributed by atoms with Gasteiger partial charge in [0.25, 0.3) is 0 Å². The molecule has 1 atom stereocenters. The minimum Gasteiger partial charge on any atom is -0.369 e. The van der Waals surface area contributed by atoms with Gasteiger partial charge in [0.2, 0.25) is 11.0 Å². The molecule has 0 spiro atoms. The van der Waals surface area contributed by atoms with Gasteiger partial charge in [-0.1, -0.05) is 40.8 Å². The summed E-state index contributed by atoms with van der Waals surface area (Å²) >= 11 is 2.72. The first-order valence-electron chi connectivity index (χ1n) is 5.68. The molecule has 7 heteroatoms. The number of hydrogen-bond acceptors (Lipinski definition) is 6. The van der Waals surface area contributed by atoms with Crippen LogP contribution in [0, 0.1) is 6.92 Å². The zero-order valence-corrected chi connectivity index (χ0v) is 12.2. The highest BCUT2D eigenvalue weighted by atomic mass is 32.2. The highest BCUT2D eigenvalue weighted by Crippen LogP contribution is 2.30. The maximum absolute atomic E-state index is 11.0. The molecule has 1 heterocycles. The van der Waals surface area contributed by atoms with E-state index in [1.807, 2.05) is 31.2 Å². The molecule has 0 bridgehead atoms. The number of benzene rings is 1. The second-order valence-corrected chi connectivity index (χ2v) is 6.59. The van der Waals surface area contributed by atoms with Gasteiger partial charge in [-0.2, -0.15) is 0 Å². The Balaban J connectivity index is 2.01. The smallest absolute Gasteiger partial charge is 0.230 e. The second-order valence-electron chi connectivity index (χ2n) is 4.03. The zero-order chi connectivity index (χ0) is 13.8. The van der Waals surface area contributed by atoms with Gasteiger partial charge in [-0.05, 0) is 26.0 Å². The van der Waals surface area contributed by atoms with Gasteiger partial charge in [0.05, 0.1) is 5.25 Å². The number of primary amides is 1. The summed E-state index contributed by atoms with van der Waals surface area (Å²) in [7, 11) is 0. The number of nitrogens with two attached hydrogens (primary N) is 1. The van der Waals surface area contributed by atoms with Crippen molar-refractivity contribution in [2.24, 2.45) is 5.73 Å². The van der Waals surface area contributed by atoms with E-state index in [1.54, 1.807) is 6.92 Å². The van der Waals surface area contributed by atoms with Gasteiger partial charge in [-0.15, -0.1) is 10.2 Å². The number of amides is 1. The van der Waals surface area contributed by atoms with Crippen LogP contribution in [0.5, 0.6) is 0 Å². The molecular formula is C12H14N4OS2. The lowest BCUT2D eigenvalue weighted by molar-refractivity contribution is -0.117. The molecule has 0 radical (unpaired) electrons. The monoisotopic (exact) mass is 294 g/mol. The molecule has 2 rings (SSSR count). The maximum Gasteiger partial charge on any atom is 0.230 e. The molecule has 1 amide bonds. The van der Waals surface area contributed by atoms with E-state index in [1.165, 1.54) is 28.7 Å². The number of carbonyl (C=O) groups is 1. The van der Waals surface area contributed by atoms with Crippen LogP contribution in [0.15, 0.2) is 28.6 Å². The molecule has 1 aromatic heterocycles. The Morgan fingerprint density at radius 3 is 2.68 bits per heavy atom. The fraction of sp³-hybridized carbons (Fsp3) is 0.250. The van der Waals surface area contributed by atoms with Gasteiger partial charge >= 0.3 is 0 Å².